The molecular formula is C18H30IN3O2. The molecule has 0 bridgehead atoms. The molecule has 1 aromatic carbocycles. The predicted molar refractivity (Wildman–Crippen MR) is 109 cm³/mol. The first kappa shape index (κ1) is 21.0. The van der Waals surface area contributed by atoms with E-state index in [1.54, 1.807) is 7.11 Å². The molecule has 0 aliphatic carbocycles. The van der Waals surface area contributed by atoms with Gasteiger partial charge in [0.1, 0.15) is 5.75 Å². The summed E-state index contributed by atoms with van der Waals surface area (Å²) >= 11 is 0. The number of ether oxygens (including phenoxy) is 2. The SMILES string of the molecule is COc1ccc(C2(CN=C(N)NCC(C)C)CCOCC2)cc1.I. The van der Waals surface area contributed by atoms with Crippen molar-refractivity contribution in [3.63, 3.8) is 0 Å². The minimum absolute atomic E-state index is 0. The van der Waals surface area contributed by atoms with Crippen LogP contribution in [-0.2, 0) is 10.2 Å². The van der Waals surface area contributed by atoms with Gasteiger partial charge in [0.2, 0.25) is 0 Å². The zero-order chi connectivity index (χ0) is 16.7. The quantitative estimate of drug-likeness (QED) is 0.400. The molecular weight excluding hydrogens is 417 g/mol. The average Bonchev–Trinajstić information content (AvgIpc) is 2.59. The molecule has 6 heteroatoms. The molecule has 0 amide bonds. The third kappa shape index (κ3) is 5.81. The predicted octanol–water partition coefficient (Wildman–Crippen LogP) is 2.92. The van der Waals surface area contributed by atoms with Crippen molar-refractivity contribution in [1.29, 1.82) is 0 Å². The number of aliphatic imine (C=N–C) groups is 1. The third-order valence-electron chi connectivity index (χ3n) is 4.40. The fraction of sp³-hybridized carbons (Fsp3) is 0.611. The highest BCUT2D eigenvalue weighted by Gasteiger charge is 2.34. The number of nitrogens with two attached hydrogens (primary N) is 1. The molecule has 0 aromatic heterocycles. The van der Waals surface area contributed by atoms with E-state index in [-0.39, 0.29) is 29.4 Å². The number of hydrogen-bond donors (Lipinski definition) is 2. The summed E-state index contributed by atoms with van der Waals surface area (Å²) in [7, 11) is 1.69. The van der Waals surface area contributed by atoms with Crippen LogP contribution in [0.4, 0.5) is 0 Å². The number of nitrogens with zero attached hydrogens (tertiary/aromatic N) is 1. The molecule has 0 spiro atoms. The third-order valence-corrected chi connectivity index (χ3v) is 4.40. The van der Waals surface area contributed by atoms with Gasteiger partial charge in [-0.05, 0) is 36.5 Å². The van der Waals surface area contributed by atoms with E-state index in [0.717, 1.165) is 38.3 Å². The van der Waals surface area contributed by atoms with Crippen molar-refractivity contribution in [2.24, 2.45) is 16.6 Å². The Morgan fingerprint density at radius 3 is 2.46 bits per heavy atom. The molecule has 1 fully saturated rings. The minimum atomic E-state index is -0.00531. The molecule has 1 aliphatic heterocycles. The van der Waals surface area contributed by atoms with Crippen molar-refractivity contribution >= 4 is 29.9 Å². The monoisotopic (exact) mass is 447 g/mol. The van der Waals surface area contributed by atoms with Crippen LogP contribution in [0.5, 0.6) is 5.75 Å². The molecule has 0 atom stereocenters. The summed E-state index contributed by atoms with van der Waals surface area (Å²) in [6, 6.07) is 8.29. The van der Waals surface area contributed by atoms with Gasteiger partial charge in [-0.25, -0.2) is 0 Å². The first-order valence-electron chi connectivity index (χ1n) is 8.32. The van der Waals surface area contributed by atoms with Crippen molar-refractivity contribution < 1.29 is 9.47 Å². The van der Waals surface area contributed by atoms with E-state index in [2.05, 4.69) is 36.3 Å². The second-order valence-electron chi connectivity index (χ2n) is 6.60. The van der Waals surface area contributed by atoms with Crippen molar-refractivity contribution in [2.45, 2.75) is 32.1 Å². The Kier molecular flexibility index (Phi) is 8.83. The zero-order valence-corrected chi connectivity index (χ0v) is 17.2. The number of nitrogens with one attached hydrogen (secondary N) is 1. The molecule has 1 aromatic rings. The van der Waals surface area contributed by atoms with Gasteiger partial charge in [0, 0.05) is 25.2 Å². The van der Waals surface area contributed by atoms with Crippen LogP contribution in [0.15, 0.2) is 29.3 Å². The molecule has 1 aliphatic rings. The summed E-state index contributed by atoms with van der Waals surface area (Å²) in [6.45, 7) is 7.35. The molecule has 1 heterocycles. The Morgan fingerprint density at radius 1 is 1.29 bits per heavy atom. The summed E-state index contributed by atoms with van der Waals surface area (Å²) in [5, 5.41) is 3.19. The van der Waals surface area contributed by atoms with Crippen molar-refractivity contribution in [1.82, 2.24) is 5.32 Å². The van der Waals surface area contributed by atoms with E-state index in [4.69, 9.17) is 15.2 Å². The summed E-state index contributed by atoms with van der Waals surface area (Å²) in [5.74, 6) is 1.94. The Balaban J connectivity index is 0.00000288. The second kappa shape index (κ2) is 10.1. The van der Waals surface area contributed by atoms with Gasteiger partial charge in [-0.15, -0.1) is 24.0 Å². The molecule has 5 nitrogen and oxygen atoms in total. The maximum Gasteiger partial charge on any atom is 0.188 e. The van der Waals surface area contributed by atoms with Crippen molar-refractivity contribution in [3.8, 4) is 5.75 Å². The van der Waals surface area contributed by atoms with Gasteiger partial charge in [0.05, 0.1) is 13.7 Å². The maximum absolute atomic E-state index is 6.01. The van der Waals surface area contributed by atoms with Crippen LogP contribution in [0.1, 0.15) is 32.3 Å². The Hall–Kier alpha value is -1.02. The van der Waals surface area contributed by atoms with Gasteiger partial charge in [0.15, 0.2) is 5.96 Å². The van der Waals surface area contributed by atoms with Crippen LogP contribution in [0.25, 0.3) is 0 Å². The lowest BCUT2D eigenvalue weighted by Crippen LogP contribution is -2.40. The lowest BCUT2D eigenvalue weighted by molar-refractivity contribution is 0.0531. The summed E-state index contributed by atoms with van der Waals surface area (Å²) in [4.78, 5) is 4.61. The Morgan fingerprint density at radius 2 is 1.92 bits per heavy atom. The molecule has 24 heavy (non-hydrogen) atoms. The number of hydrogen-bond acceptors (Lipinski definition) is 3. The van der Waals surface area contributed by atoms with Crippen LogP contribution in [-0.4, -0.2) is 39.4 Å². The molecule has 3 N–H and O–H groups in total. The normalized spacial score (nSPS) is 17.2. The van der Waals surface area contributed by atoms with E-state index >= 15 is 0 Å². The number of methoxy groups -OCH3 is 1. The van der Waals surface area contributed by atoms with Gasteiger partial charge >= 0.3 is 0 Å². The maximum atomic E-state index is 6.01. The highest BCUT2D eigenvalue weighted by atomic mass is 127. The molecule has 0 unspecified atom stereocenters. The Bertz CT molecular complexity index is 512. The fourth-order valence-electron chi connectivity index (χ4n) is 2.85. The molecule has 0 radical (unpaired) electrons. The number of benzene rings is 1. The van der Waals surface area contributed by atoms with E-state index in [1.807, 2.05) is 12.1 Å². The molecule has 0 saturated carbocycles. The standard InChI is InChI=1S/C18H29N3O2.HI/c1-14(2)12-20-17(19)21-13-18(8-10-23-11-9-18)15-4-6-16(22-3)7-5-15;/h4-7,14H,8-13H2,1-3H3,(H3,19,20,21);1H. The molecule has 2 rings (SSSR count). The minimum Gasteiger partial charge on any atom is -0.497 e. The van der Waals surface area contributed by atoms with Gasteiger partial charge in [0.25, 0.3) is 0 Å². The smallest absolute Gasteiger partial charge is 0.188 e. The fourth-order valence-corrected chi connectivity index (χ4v) is 2.85. The first-order valence-corrected chi connectivity index (χ1v) is 8.32. The summed E-state index contributed by atoms with van der Waals surface area (Å²) in [5.41, 5.74) is 7.28. The van der Waals surface area contributed by atoms with Crippen LogP contribution < -0.4 is 15.8 Å². The highest BCUT2D eigenvalue weighted by Crippen LogP contribution is 2.36. The van der Waals surface area contributed by atoms with Gasteiger partial charge < -0.3 is 20.5 Å². The van der Waals surface area contributed by atoms with Gasteiger partial charge in [-0.1, -0.05) is 26.0 Å². The number of halogens is 1. The van der Waals surface area contributed by atoms with Gasteiger partial charge in [-0.2, -0.15) is 0 Å². The van der Waals surface area contributed by atoms with Crippen LogP contribution in [0.2, 0.25) is 0 Å². The average molecular weight is 447 g/mol. The zero-order valence-electron chi connectivity index (χ0n) is 14.9. The second-order valence-corrected chi connectivity index (χ2v) is 6.60. The Labute approximate surface area is 162 Å². The lowest BCUT2D eigenvalue weighted by Gasteiger charge is -2.36. The summed E-state index contributed by atoms with van der Waals surface area (Å²) < 4.78 is 10.8. The van der Waals surface area contributed by atoms with Crippen LogP contribution in [0, 0.1) is 5.92 Å². The first-order chi connectivity index (χ1) is 11.1. The van der Waals surface area contributed by atoms with Crippen LogP contribution >= 0.6 is 24.0 Å². The van der Waals surface area contributed by atoms with Crippen molar-refractivity contribution in [2.75, 3.05) is 33.4 Å². The number of guanidine groups is 1. The van der Waals surface area contributed by atoms with E-state index in [9.17, 15) is 0 Å². The van der Waals surface area contributed by atoms with Crippen LogP contribution in [0.3, 0.4) is 0 Å². The van der Waals surface area contributed by atoms with Crippen molar-refractivity contribution in [3.05, 3.63) is 29.8 Å². The molecule has 136 valence electrons. The topological polar surface area (TPSA) is 68.9 Å². The number of rotatable bonds is 6. The van der Waals surface area contributed by atoms with E-state index < -0.39 is 0 Å². The van der Waals surface area contributed by atoms with Gasteiger partial charge in [-0.3, -0.25) is 4.99 Å². The van der Waals surface area contributed by atoms with E-state index in [1.165, 1.54) is 5.56 Å². The summed E-state index contributed by atoms with van der Waals surface area (Å²) in [6.07, 6.45) is 1.92. The lowest BCUT2D eigenvalue weighted by atomic mass is 9.74. The highest BCUT2D eigenvalue weighted by molar-refractivity contribution is 14.0. The molecule has 1 saturated heterocycles. The largest absolute Gasteiger partial charge is 0.497 e. The van der Waals surface area contributed by atoms with E-state index in [0.29, 0.717) is 18.4 Å².